The van der Waals surface area contributed by atoms with E-state index in [0.717, 1.165) is 10.5 Å². The van der Waals surface area contributed by atoms with E-state index in [1.54, 1.807) is 19.1 Å². The Hall–Kier alpha value is -2.91. The molecule has 0 bridgehead atoms. The summed E-state index contributed by atoms with van der Waals surface area (Å²) in [4.78, 5) is 13.2. The van der Waals surface area contributed by atoms with Crippen molar-refractivity contribution in [2.75, 3.05) is 6.61 Å². The van der Waals surface area contributed by atoms with E-state index in [9.17, 15) is 10.1 Å². The van der Waals surface area contributed by atoms with Crippen molar-refractivity contribution in [2.24, 2.45) is 5.73 Å². The van der Waals surface area contributed by atoms with Gasteiger partial charge in [0.2, 0.25) is 0 Å². The first-order valence-corrected chi connectivity index (χ1v) is 8.56. The Bertz CT molecular complexity index is 877. The average molecular weight is 352 g/mol. The SMILES string of the molecule is CCOC(=O)C1=C(N)SC(c2ccccc2)=C(C#N)[C@H]1c1ccco1. The van der Waals surface area contributed by atoms with Gasteiger partial charge < -0.3 is 14.9 Å². The Labute approximate surface area is 149 Å². The maximum Gasteiger partial charge on any atom is 0.337 e. The first kappa shape index (κ1) is 16.9. The third-order valence-electron chi connectivity index (χ3n) is 3.78. The van der Waals surface area contributed by atoms with Crippen LogP contribution >= 0.6 is 11.8 Å². The Kier molecular flexibility index (Phi) is 4.96. The van der Waals surface area contributed by atoms with Crippen LogP contribution in [0.2, 0.25) is 0 Å². The number of thioether (sulfide) groups is 1. The molecule has 0 amide bonds. The van der Waals surface area contributed by atoms with Crippen molar-refractivity contribution in [3.63, 3.8) is 0 Å². The molecule has 0 saturated carbocycles. The lowest BCUT2D eigenvalue weighted by atomic mass is 9.87. The lowest BCUT2D eigenvalue weighted by Crippen LogP contribution is -2.23. The van der Waals surface area contributed by atoms with E-state index in [2.05, 4.69) is 6.07 Å². The number of nitrogens with zero attached hydrogens (tertiary/aromatic N) is 1. The van der Waals surface area contributed by atoms with Gasteiger partial charge in [-0.25, -0.2) is 4.79 Å². The first-order chi connectivity index (χ1) is 12.2. The molecule has 0 saturated heterocycles. The van der Waals surface area contributed by atoms with Crippen molar-refractivity contribution in [2.45, 2.75) is 12.8 Å². The van der Waals surface area contributed by atoms with Gasteiger partial charge in [-0.3, -0.25) is 0 Å². The number of furan rings is 1. The fraction of sp³-hybridized carbons (Fsp3) is 0.158. The van der Waals surface area contributed by atoms with Crippen molar-refractivity contribution < 1.29 is 13.9 Å². The number of esters is 1. The van der Waals surface area contributed by atoms with Crippen LogP contribution in [0.15, 0.2) is 69.3 Å². The monoisotopic (exact) mass is 352 g/mol. The van der Waals surface area contributed by atoms with Gasteiger partial charge in [0.1, 0.15) is 5.76 Å². The van der Waals surface area contributed by atoms with Crippen LogP contribution in [0.5, 0.6) is 0 Å². The summed E-state index contributed by atoms with van der Waals surface area (Å²) in [7, 11) is 0. The van der Waals surface area contributed by atoms with Gasteiger partial charge in [0.05, 0.1) is 41.0 Å². The van der Waals surface area contributed by atoms with Gasteiger partial charge in [0, 0.05) is 4.91 Å². The van der Waals surface area contributed by atoms with Crippen LogP contribution in [-0.4, -0.2) is 12.6 Å². The molecule has 2 heterocycles. The summed E-state index contributed by atoms with van der Waals surface area (Å²) in [6.45, 7) is 1.95. The Balaban J connectivity index is 2.19. The molecule has 6 heteroatoms. The molecule has 0 aliphatic carbocycles. The van der Waals surface area contributed by atoms with Gasteiger partial charge in [0.15, 0.2) is 0 Å². The second kappa shape index (κ2) is 7.32. The molecule has 0 radical (unpaired) electrons. The number of nitriles is 1. The number of carbonyl (C=O) groups is 1. The summed E-state index contributed by atoms with van der Waals surface area (Å²) in [6, 6.07) is 15.2. The highest BCUT2D eigenvalue weighted by Gasteiger charge is 2.38. The van der Waals surface area contributed by atoms with E-state index in [0.29, 0.717) is 16.4 Å². The number of nitrogens with two attached hydrogens (primary N) is 1. The predicted molar refractivity (Wildman–Crippen MR) is 95.9 cm³/mol. The molecular weight excluding hydrogens is 336 g/mol. The number of ether oxygens (including phenoxy) is 1. The molecular formula is C19H16N2O3S. The van der Waals surface area contributed by atoms with Gasteiger partial charge >= 0.3 is 5.97 Å². The highest BCUT2D eigenvalue weighted by Crippen LogP contribution is 2.49. The van der Waals surface area contributed by atoms with Gasteiger partial charge in [-0.2, -0.15) is 5.26 Å². The molecule has 1 aromatic carbocycles. The number of allylic oxidation sites excluding steroid dienone is 1. The third kappa shape index (κ3) is 3.19. The fourth-order valence-corrected chi connectivity index (χ4v) is 3.78. The van der Waals surface area contributed by atoms with E-state index in [-0.39, 0.29) is 12.2 Å². The summed E-state index contributed by atoms with van der Waals surface area (Å²) in [6.07, 6.45) is 1.51. The number of rotatable bonds is 4. The minimum Gasteiger partial charge on any atom is -0.468 e. The molecule has 1 aliphatic rings. The Morgan fingerprint density at radius 2 is 2.08 bits per heavy atom. The molecule has 0 unspecified atom stereocenters. The average Bonchev–Trinajstić information content (AvgIpc) is 3.16. The predicted octanol–water partition coefficient (Wildman–Crippen LogP) is 3.78. The molecule has 5 nitrogen and oxygen atoms in total. The maximum absolute atomic E-state index is 12.5. The summed E-state index contributed by atoms with van der Waals surface area (Å²) in [5, 5.41) is 10.1. The highest BCUT2D eigenvalue weighted by molar-refractivity contribution is 8.11. The van der Waals surface area contributed by atoms with Crippen molar-refractivity contribution in [3.05, 3.63) is 76.2 Å². The lowest BCUT2D eigenvalue weighted by molar-refractivity contribution is -0.138. The van der Waals surface area contributed by atoms with Crippen molar-refractivity contribution in [1.82, 2.24) is 0 Å². The summed E-state index contributed by atoms with van der Waals surface area (Å²) < 4.78 is 10.7. The molecule has 25 heavy (non-hydrogen) atoms. The molecule has 1 atom stereocenters. The minimum absolute atomic E-state index is 0.225. The molecule has 3 rings (SSSR count). The topological polar surface area (TPSA) is 89.2 Å². The van der Waals surface area contributed by atoms with E-state index < -0.39 is 11.9 Å². The van der Waals surface area contributed by atoms with Gasteiger partial charge in [0.25, 0.3) is 0 Å². The zero-order valence-electron chi connectivity index (χ0n) is 13.6. The summed E-state index contributed by atoms with van der Waals surface area (Å²) in [5.74, 6) is -0.736. The van der Waals surface area contributed by atoms with Crippen molar-refractivity contribution in [3.8, 4) is 6.07 Å². The van der Waals surface area contributed by atoms with Gasteiger partial charge in [-0.1, -0.05) is 42.1 Å². The maximum atomic E-state index is 12.5. The first-order valence-electron chi connectivity index (χ1n) is 7.75. The largest absolute Gasteiger partial charge is 0.468 e. The molecule has 0 spiro atoms. The van der Waals surface area contributed by atoms with E-state index in [1.807, 2.05) is 30.3 Å². The zero-order valence-corrected chi connectivity index (χ0v) is 14.4. The van der Waals surface area contributed by atoms with Crippen LogP contribution in [0, 0.1) is 11.3 Å². The van der Waals surface area contributed by atoms with E-state index in [4.69, 9.17) is 14.9 Å². The summed E-state index contributed by atoms with van der Waals surface area (Å²) >= 11 is 1.21. The lowest BCUT2D eigenvalue weighted by Gasteiger charge is -2.26. The van der Waals surface area contributed by atoms with E-state index >= 15 is 0 Å². The van der Waals surface area contributed by atoms with Crippen LogP contribution in [0.25, 0.3) is 4.91 Å². The van der Waals surface area contributed by atoms with Crippen molar-refractivity contribution in [1.29, 1.82) is 5.26 Å². The number of benzene rings is 1. The number of hydrogen-bond donors (Lipinski definition) is 1. The van der Waals surface area contributed by atoms with E-state index in [1.165, 1.54) is 18.0 Å². The number of hydrogen-bond acceptors (Lipinski definition) is 6. The quantitative estimate of drug-likeness (QED) is 0.842. The van der Waals surface area contributed by atoms with Gasteiger partial charge in [-0.05, 0) is 24.6 Å². The van der Waals surface area contributed by atoms with Crippen LogP contribution in [-0.2, 0) is 9.53 Å². The second-order valence-electron chi connectivity index (χ2n) is 5.27. The highest BCUT2D eigenvalue weighted by atomic mass is 32.2. The summed E-state index contributed by atoms with van der Waals surface area (Å²) in [5.41, 5.74) is 7.74. The Morgan fingerprint density at radius 3 is 2.68 bits per heavy atom. The zero-order chi connectivity index (χ0) is 17.8. The molecule has 2 N–H and O–H groups in total. The molecule has 0 fully saturated rings. The standard InChI is InChI=1S/C19H16N2O3S/c1-2-23-19(22)16-15(14-9-6-10-24-14)13(11-20)17(25-18(16)21)12-7-4-3-5-8-12/h3-10,15H,2,21H2,1H3/t15-/m0/s1. The van der Waals surface area contributed by atoms with Crippen LogP contribution in [0.4, 0.5) is 0 Å². The molecule has 1 aliphatic heterocycles. The minimum atomic E-state index is -0.685. The number of carbonyl (C=O) groups excluding carboxylic acids is 1. The van der Waals surface area contributed by atoms with Crippen LogP contribution < -0.4 is 5.73 Å². The van der Waals surface area contributed by atoms with Crippen molar-refractivity contribution >= 4 is 22.6 Å². The molecule has 126 valence electrons. The smallest absolute Gasteiger partial charge is 0.337 e. The molecule has 2 aromatic rings. The van der Waals surface area contributed by atoms with Crippen LogP contribution in [0.1, 0.15) is 24.2 Å². The fourth-order valence-electron chi connectivity index (χ4n) is 2.72. The third-order valence-corrected chi connectivity index (χ3v) is 4.88. The normalized spacial score (nSPS) is 17.4. The Morgan fingerprint density at radius 1 is 1.32 bits per heavy atom. The van der Waals surface area contributed by atoms with Gasteiger partial charge in [-0.15, -0.1) is 0 Å². The van der Waals surface area contributed by atoms with Crippen LogP contribution in [0.3, 0.4) is 0 Å². The second-order valence-corrected chi connectivity index (χ2v) is 6.32. The molecule has 1 aromatic heterocycles.